The van der Waals surface area contributed by atoms with Gasteiger partial charge in [0.25, 0.3) is 0 Å². The lowest BCUT2D eigenvalue weighted by Gasteiger charge is -2.34. The molecule has 3 nitrogen and oxygen atoms in total. The zero-order valence-corrected chi connectivity index (χ0v) is 19.4. The molecule has 0 amide bonds. The fourth-order valence-electron chi connectivity index (χ4n) is 2.81. The number of halogens is 2. The van der Waals surface area contributed by atoms with Crippen molar-refractivity contribution < 1.29 is 4.43 Å². The summed E-state index contributed by atoms with van der Waals surface area (Å²) in [6.45, 7) is 14.2. The van der Waals surface area contributed by atoms with Gasteiger partial charge in [-0.15, -0.1) is 0 Å². The summed E-state index contributed by atoms with van der Waals surface area (Å²) in [5.41, 5.74) is 0.830. The van der Waals surface area contributed by atoms with Crippen LogP contribution < -0.4 is 5.32 Å². The molecule has 0 radical (unpaired) electrons. The lowest BCUT2D eigenvalue weighted by atomic mass is 9.98. The molecular formula is C20H32Cl2N2OSi. The van der Waals surface area contributed by atoms with Gasteiger partial charge in [-0.3, -0.25) is 4.98 Å². The number of nitrogens with one attached hydrogen (secondary N) is 1. The van der Waals surface area contributed by atoms with Gasteiger partial charge in [0, 0.05) is 29.9 Å². The van der Waals surface area contributed by atoms with Crippen LogP contribution in [0.1, 0.15) is 53.2 Å². The molecule has 1 rings (SSSR count). The first-order valence-corrected chi connectivity index (χ1v) is 12.6. The van der Waals surface area contributed by atoms with Crippen molar-refractivity contribution in [1.82, 2.24) is 10.3 Å². The Morgan fingerprint density at radius 2 is 1.65 bits per heavy atom. The van der Waals surface area contributed by atoms with E-state index in [4.69, 9.17) is 27.6 Å². The Morgan fingerprint density at radius 1 is 1.12 bits per heavy atom. The van der Waals surface area contributed by atoms with Gasteiger partial charge in [0.2, 0.25) is 0 Å². The molecule has 0 saturated heterocycles. The molecule has 1 N–H and O–H groups in total. The Bertz CT molecular complexity index is 602. The minimum absolute atomic E-state index is 0.00396. The molecule has 0 spiro atoms. The van der Waals surface area contributed by atoms with E-state index in [0.29, 0.717) is 23.1 Å². The number of rotatable bonds is 9. The number of hydrogen-bond donors (Lipinski definition) is 1. The lowest BCUT2D eigenvalue weighted by Crippen LogP contribution is -2.40. The fourth-order valence-corrected chi connectivity index (χ4v) is 6.22. The summed E-state index contributed by atoms with van der Waals surface area (Å²) < 4.78 is 6.71. The largest absolute Gasteiger partial charge is 0.409 e. The molecule has 1 aromatic rings. The number of nitrogens with zero attached hydrogens (tertiary/aromatic N) is 1. The summed E-state index contributed by atoms with van der Waals surface area (Å²) in [6, 6.07) is 3.21. The van der Waals surface area contributed by atoms with Crippen molar-refractivity contribution in [2.24, 2.45) is 5.41 Å². The first kappa shape index (κ1) is 23.5. The van der Waals surface area contributed by atoms with E-state index >= 15 is 0 Å². The summed E-state index contributed by atoms with van der Waals surface area (Å²) in [6.07, 6.45) is 3.07. The molecule has 1 atom stereocenters. The van der Waals surface area contributed by atoms with Crippen LogP contribution >= 0.6 is 23.2 Å². The van der Waals surface area contributed by atoms with E-state index in [0.717, 1.165) is 23.7 Å². The van der Waals surface area contributed by atoms with Crippen molar-refractivity contribution in [2.45, 2.75) is 65.8 Å². The average Bonchev–Trinajstić information content (AvgIpc) is 2.57. The van der Waals surface area contributed by atoms with E-state index in [1.807, 2.05) is 0 Å². The quantitative estimate of drug-likeness (QED) is 0.301. The normalized spacial score (nSPS) is 13.2. The number of hydrogen-bond acceptors (Lipinski definition) is 3. The van der Waals surface area contributed by atoms with Crippen LogP contribution in [-0.2, 0) is 4.43 Å². The van der Waals surface area contributed by atoms with Crippen LogP contribution in [0.5, 0.6) is 0 Å². The monoisotopic (exact) mass is 414 g/mol. The molecule has 26 heavy (non-hydrogen) atoms. The molecule has 1 heterocycles. The number of pyridine rings is 1. The predicted molar refractivity (Wildman–Crippen MR) is 115 cm³/mol. The predicted octanol–water partition coefficient (Wildman–Crippen LogP) is 6.09. The van der Waals surface area contributed by atoms with Crippen LogP contribution in [0.4, 0.5) is 0 Å². The highest BCUT2D eigenvalue weighted by molar-refractivity contribution is 6.73. The topological polar surface area (TPSA) is 34.1 Å². The van der Waals surface area contributed by atoms with Gasteiger partial charge in [-0.1, -0.05) is 55.8 Å². The van der Waals surface area contributed by atoms with Gasteiger partial charge in [-0.2, -0.15) is 0 Å². The van der Waals surface area contributed by atoms with E-state index in [9.17, 15) is 0 Å². The van der Waals surface area contributed by atoms with E-state index in [2.05, 4.69) is 63.7 Å². The van der Waals surface area contributed by atoms with Crippen molar-refractivity contribution in [3.05, 3.63) is 28.0 Å². The second-order valence-electron chi connectivity index (χ2n) is 7.55. The van der Waals surface area contributed by atoms with Crippen LogP contribution in [0.15, 0.2) is 12.4 Å². The molecule has 0 bridgehead atoms. The van der Waals surface area contributed by atoms with Crippen LogP contribution in [0, 0.1) is 17.3 Å². The zero-order chi connectivity index (χ0) is 19.8. The minimum atomic E-state index is -1.82. The highest BCUT2D eigenvalue weighted by atomic mass is 35.5. The lowest BCUT2D eigenvalue weighted by molar-refractivity contribution is 0.188. The van der Waals surface area contributed by atoms with Gasteiger partial charge in [-0.05, 0) is 38.9 Å². The molecule has 6 heteroatoms. The molecule has 1 unspecified atom stereocenters. The van der Waals surface area contributed by atoms with E-state index in [-0.39, 0.29) is 11.5 Å². The number of aromatic nitrogens is 1. The summed E-state index contributed by atoms with van der Waals surface area (Å²) in [7, 11) is -1.82. The van der Waals surface area contributed by atoms with Gasteiger partial charge in [0.05, 0.1) is 22.7 Å². The standard InChI is InChI=1S/C20H32Cl2N2OSi/c1-7-26(8-2,9-3)25-18(15-23-12-10-11-20(4,5)6)19-16(21)13-24-14-17(19)22/h13-14,18,23H,7-9,12,15H2,1-6H3. The fraction of sp³-hybridized carbons (Fsp3) is 0.650. The molecule has 146 valence electrons. The van der Waals surface area contributed by atoms with Crippen LogP contribution in [0.2, 0.25) is 28.2 Å². The average molecular weight is 415 g/mol. The molecule has 0 aliphatic rings. The highest BCUT2D eigenvalue weighted by Crippen LogP contribution is 2.36. The molecule has 1 aromatic heterocycles. The maximum atomic E-state index is 6.71. The summed E-state index contributed by atoms with van der Waals surface area (Å²) in [4.78, 5) is 4.07. The third-order valence-electron chi connectivity index (χ3n) is 4.54. The summed E-state index contributed by atoms with van der Waals surface area (Å²) in [5, 5.41) is 4.50. The Morgan fingerprint density at radius 3 is 2.12 bits per heavy atom. The van der Waals surface area contributed by atoms with E-state index < -0.39 is 8.32 Å². The Kier molecular flexibility index (Phi) is 9.64. The van der Waals surface area contributed by atoms with Crippen molar-refractivity contribution in [1.29, 1.82) is 0 Å². The zero-order valence-electron chi connectivity index (χ0n) is 16.9. The van der Waals surface area contributed by atoms with Gasteiger partial charge < -0.3 is 9.74 Å². The first-order chi connectivity index (χ1) is 12.2. The van der Waals surface area contributed by atoms with Crippen molar-refractivity contribution in [3.8, 4) is 11.8 Å². The van der Waals surface area contributed by atoms with Crippen LogP contribution in [0.25, 0.3) is 0 Å². The van der Waals surface area contributed by atoms with Crippen molar-refractivity contribution >= 4 is 31.5 Å². The molecule has 0 saturated carbocycles. The van der Waals surface area contributed by atoms with Gasteiger partial charge in [0.1, 0.15) is 0 Å². The summed E-state index contributed by atoms with van der Waals surface area (Å²) >= 11 is 12.8. The Hall–Kier alpha value is -0.573. The van der Waals surface area contributed by atoms with Gasteiger partial charge in [0.15, 0.2) is 8.32 Å². The maximum Gasteiger partial charge on any atom is 0.192 e. The molecule has 0 aliphatic heterocycles. The molecule has 0 fully saturated rings. The first-order valence-electron chi connectivity index (χ1n) is 9.35. The molecule has 0 aliphatic carbocycles. The Balaban J connectivity index is 3.01. The minimum Gasteiger partial charge on any atom is -0.409 e. The second-order valence-corrected chi connectivity index (χ2v) is 13.1. The highest BCUT2D eigenvalue weighted by Gasteiger charge is 2.33. The summed E-state index contributed by atoms with van der Waals surface area (Å²) in [5.74, 6) is 6.42. The van der Waals surface area contributed by atoms with Crippen molar-refractivity contribution in [3.63, 3.8) is 0 Å². The van der Waals surface area contributed by atoms with Gasteiger partial charge in [-0.25, -0.2) is 0 Å². The third-order valence-corrected chi connectivity index (χ3v) is 9.80. The molecular weight excluding hydrogens is 383 g/mol. The van der Waals surface area contributed by atoms with E-state index in [1.54, 1.807) is 12.4 Å². The second kappa shape index (κ2) is 10.7. The maximum absolute atomic E-state index is 6.71. The Labute approximate surface area is 170 Å². The SMILES string of the molecule is CC[Si](CC)(CC)OC(CNCC#CC(C)(C)C)c1c(Cl)cncc1Cl. The third kappa shape index (κ3) is 7.21. The van der Waals surface area contributed by atoms with Gasteiger partial charge >= 0.3 is 0 Å². The van der Waals surface area contributed by atoms with Crippen LogP contribution in [-0.4, -0.2) is 26.4 Å². The van der Waals surface area contributed by atoms with E-state index in [1.165, 1.54) is 0 Å². The van der Waals surface area contributed by atoms with Crippen molar-refractivity contribution in [2.75, 3.05) is 13.1 Å². The smallest absolute Gasteiger partial charge is 0.192 e. The van der Waals surface area contributed by atoms with Crippen LogP contribution in [0.3, 0.4) is 0 Å². The molecule has 0 aromatic carbocycles.